The second kappa shape index (κ2) is 13.5. The molecule has 2 aromatic rings. The fraction of sp³-hybridized carbons (Fsp3) is 0.481. The van der Waals surface area contributed by atoms with Crippen LogP contribution in [0.3, 0.4) is 0 Å². The first-order valence-corrected chi connectivity index (χ1v) is 15.3. The van der Waals surface area contributed by atoms with E-state index in [1.165, 1.54) is 4.31 Å². The summed E-state index contributed by atoms with van der Waals surface area (Å²) in [6.45, 7) is 2.27. The lowest BCUT2D eigenvalue weighted by atomic mass is 10.1. The molecule has 0 aliphatic heterocycles. The first-order chi connectivity index (χ1) is 17.6. The molecule has 0 radical (unpaired) electrons. The zero-order valence-electron chi connectivity index (χ0n) is 21.3. The molecule has 0 aromatic heterocycles. The number of amides is 2. The first-order valence-electron chi connectivity index (χ1n) is 12.7. The first kappa shape index (κ1) is 29.3. The maximum Gasteiger partial charge on any atom is 0.243 e. The molecule has 1 aliphatic rings. The van der Waals surface area contributed by atoms with Crippen molar-refractivity contribution in [3.05, 3.63) is 64.1 Å². The van der Waals surface area contributed by atoms with Crippen LogP contribution in [-0.4, -0.2) is 50.0 Å². The van der Waals surface area contributed by atoms with Crippen molar-refractivity contribution < 1.29 is 18.0 Å². The third-order valence-corrected chi connectivity index (χ3v) is 8.28. The summed E-state index contributed by atoms with van der Waals surface area (Å²) in [5, 5.41) is 4.15. The molecule has 202 valence electrons. The Labute approximate surface area is 230 Å². The van der Waals surface area contributed by atoms with Crippen molar-refractivity contribution in [1.29, 1.82) is 0 Å². The summed E-state index contributed by atoms with van der Waals surface area (Å²) in [5.41, 5.74) is 1.31. The Hall–Kier alpha value is -2.29. The molecule has 0 heterocycles. The van der Waals surface area contributed by atoms with Gasteiger partial charge in [-0.05, 0) is 61.6 Å². The van der Waals surface area contributed by atoms with E-state index in [1.54, 1.807) is 41.3 Å². The van der Waals surface area contributed by atoms with Gasteiger partial charge >= 0.3 is 0 Å². The Morgan fingerprint density at radius 2 is 1.73 bits per heavy atom. The van der Waals surface area contributed by atoms with Crippen LogP contribution in [-0.2, 0) is 26.2 Å². The molecule has 7 nitrogen and oxygen atoms in total. The van der Waals surface area contributed by atoms with Gasteiger partial charge in [0.1, 0.15) is 6.04 Å². The highest BCUT2D eigenvalue weighted by Crippen LogP contribution is 2.23. The zero-order chi connectivity index (χ0) is 27.0. The maximum atomic E-state index is 13.5. The van der Waals surface area contributed by atoms with Gasteiger partial charge < -0.3 is 10.2 Å². The van der Waals surface area contributed by atoms with Crippen LogP contribution in [0.25, 0.3) is 0 Å². The molecule has 1 atom stereocenters. The van der Waals surface area contributed by atoms with Gasteiger partial charge in [0.25, 0.3) is 0 Å². The second-order valence-corrected chi connectivity index (χ2v) is 12.3. The Bertz CT molecular complexity index is 1170. The number of nitrogens with one attached hydrogen (secondary N) is 1. The number of rotatable bonds is 12. The van der Waals surface area contributed by atoms with Gasteiger partial charge in [-0.25, -0.2) is 8.42 Å². The van der Waals surface area contributed by atoms with Crippen LogP contribution in [0.2, 0.25) is 10.0 Å². The van der Waals surface area contributed by atoms with E-state index >= 15 is 0 Å². The standard InChI is InChI=1S/C27H35Cl2N3O4S/c1-3-25(27(34)30-23-9-4-5-10-23)31(19-20-13-15-21(28)16-14-20)26(33)12-7-17-32(37(2,35)36)24-11-6-8-22(29)18-24/h6,8,11,13-16,18,23,25H,3-5,7,9-10,12,17,19H2,1-2H3,(H,30,34)/t25-/m0/s1. The van der Waals surface area contributed by atoms with Gasteiger partial charge in [0.15, 0.2) is 0 Å². The van der Waals surface area contributed by atoms with Crippen molar-refractivity contribution in [3.63, 3.8) is 0 Å². The Balaban J connectivity index is 1.75. The van der Waals surface area contributed by atoms with E-state index in [0.29, 0.717) is 22.2 Å². The van der Waals surface area contributed by atoms with Gasteiger partial charge in [0.05, 0.1) is 11.9 Å². The number of sulfonamides is 1. The number of nitrogens with zero attached hydrogens (tertiary/aromatic N) is 2. The average Bonchev–Trinajstić information content (AvgIpc) is 3.35. The van der Waals surface area contributed by atoms with Gasteiger partial charge in [-0.1, -0.05) is 61.2 Å². The molecular weight excluding hydrogens is 533 g/mol. The highest BCUT2D eigenvalue weighted by atomic mass is 35.5. The van der Waals surface area contributed by atoms with Crippen molar-refractivity contribution in [2.75, 3.05) is 17.1 Å². The number of benzene rings is 2. The molecular formula is C27H35Cl2N3O4S. The van der Waals surface area contributed by atoms with Gasteiger partial charge in [-0.3, -0.25) is 13.9 Å². The number of carbonyl (C=O) groups excluding carboxylic acids is 2. The summed E-state index contributed by atoms with van der Waals surface area (Å²) in [6.07, 6.45) is 6.08. The highest BCUT2D eigenvalue weighted by Gasteiger charge is 2.30. The van der Waals surface area contributed by atoms with Crippen LogP contribution in [0.4, 0.5) is 5.69 Å². The molecule has 0 spiro atoms. The summed E-state index contributed by atoms with van der Waals surface area (Å²) in [5.74, 6) is -0.351. The number of hydrogen-bond donors (Lipinski definition) is 1. The minimum Gasteiger partial charge on any atom is -0.352 e. The predicted molar refractivity (Wildman–Crippen MR) is 149 cm³/mol. The smallest absolute Gasteiger partial charge is 0.243 e. The lowest BCUT2D eigenvalue weighted by Crippen LogP contribution is -2.51. The fourth-order valence-electron chi connectivity index (χ4n) is 4.71. The number of carbonyl (C=O) groups is 2. The average molecular weight is 569 g/mol. The molecule has 0 unspecified atom stereocenters. The summed E-state index contributed by atoms with van der Waals surface area (Å²) in [4.78, 5) is 28.3. The monoisotopic (exact) mass is 567 g/mol. The molecule has 1 aliphatic carbocycles. The van der Waals surface area contributed by atoms with Crippen molar-refractivity contribution >= 4 is 50.7 Å². The second-order valence-electron chi connectivity index (χ2n) is 9.48. The van der Waals surface area contributed by atoms with E-state index in [1.807, 2.05) is 19.1 Å². The topological polar surface area (TPSA) is 86.8 Å². The molecule has 37 heavy (non-hydrogen) atoms. The maximum absolute atomic E-state index is 13.5. The SMILES string of the molecule is CC[C@@H](C(=O)NC1CCCC1)N(Cc1ccc(Cl)cc1)C(=O)CCCN(c1cccc(Cl)c1)S(C)(=O)=O. The summed E-state index contributed by atoms with van der Waals surface area (Å²) in [6, 6.07) is 13.3. The van der Waals surface area contributed by atoms with E-state index in [0.717, 1.165) is 37.5 Å². The van der Waals surface area contributed by atoms with Crippen molar-refractivity contribution in [1.82, 2.24) is 10.2 Å². The Kier molecular flexibility index (Phi) is 10.7. The van der Waals surface area contributed by atoms with Crippen LogP contribution in [0.1, 0.15) is 57.4 Å². The molecule has 2 aromatic carbocycles. The van der Waals surface area contributed by atoms with Crippen LogP contribution in [0, 0.1) is 0 Å². The summed E-state index contributed by atoms with van der Waals surface area (Å²) >= 11 is 12.1. The third-order valence-electron chi connectivity index (χ3n) is 6.60. The summed E-state index contributed by atoms with van der Waals surface area (Å²) in [7, 11) is -3.58. The number of anilines is 1. The zero-order valence-corrected chi connectivity index (χ0v) is 23.7. The molecule has 10 heteroatoms. The quantitative estimate of drug-likeness (QED) is 0.371. The highest BCUT2D eigenvalue weighted by molar-refractivity contribution is 7.92. The lowest BCUT2D eigenvalue weighted by molar-refractivity contribution is -0.141. The van der Waals surface area contributed by atoms with Crippen molar-refractivity contribution in [2.24, 2.45) is 0 Å². The molecule has 1 N–H and O–H groups in total. The molecule has 0 bridgehead atoms. The van der Waals surface area contributed by atoms with Crippen LogP contribution in [0.5, 0.6) is 0 Å². The van der Waals surface area contributed by atoms with Crippen LogP contribution < -0.4 is 9.62 Å². The summed E-state index contributed by atoms with van der Waals surface area (Å²) < 4.78 is 26.2. The van der Waals surface area contributed by atoms with Gasteiger partial charge in [-0.15, -0.1) is 0 Å². The Morgan fingerprint density at radius 1 is 1.05 bits per heavy atom. The van der Waals surface area contributed by atoms with Gasteiger partial charge in [0, 0.05) is 35.6 Å². The molecule has 1 fully saturated rings. The number of halogens is 2. The molecule has 3 rings (SSSR count). The molecule has 1 saturated carbocycles. The van der Waals surface area contributed by atoms with E-state index in [-0.39, 0.29) is 43.8 Å². The largest absolute Gasteiger partial charge is 0.352 e. The minimum atomic E-state index is -3.58. The van der Waals surface area contributed by atoms with Crippen molar-refractivity contribution in [3.8, 4) is 0 Å². The van der Waals surface area contributed by atoms with Crippen LogP contribution in [0.15, 0.2) is 48.5 Å². The minimum absolute atomic E-state index is 0.0907. The van der Waals surface area contributed by atoms with Gasteiger partial charge in [0.2, 0.25) is 21.8 Å². The van der Waals surface area contributed by atoms with Gasteiger partial charge in [-0.2, -0.15) is 0 Å². The number of hydrogen-bond acceptors (Lipinski definition) is 4. The van der Waals surface area contributed by atoms with Crippen molar-refractivity contribution in [2.45, 2.75) is 70.5 Å². The van der Waals surface area contributed by atoms with E-state index in [4.69, 9.17) is 23.2 Å². The molecule has 0 saturated heterocycles. The van der Waals surface area contributed by atoms with Crippen LogP contribution >= 0.6 is 23.2 Å². The predicted octanol–water partition coefficient (Wildman–Crippen LogP) is 5.41. The third kappa shape index (κ3) is 8.62. The lowest BCUT2D eigenvalue weighted by Gasteiger charge is -2.32. The Morgan fingerprint density at radius 3 is 2.32 bits per heavy atom. The fourth-order valence-corrected chi connectivity index (χ4v) is 5.98. The normalized spacial score (nSPS) is 14.8. The molecule has 2 amide bonds. The van der Waals surface area contributed by atoms with E-state index in [9.17, 15) is 18.0 Å². The van der Waals surface area contributed by atoms with E-state index in [2.05, 4.69) is 5.32 Å². The van der Waals surface area contributed by atoms with E-state index < -0.39 is 16.1 Å².